The fourth-order valence-corrected chi connectivity index (χ4v) is 5.56. The molecule has 0 spiro atoms. The summed E-state index contributed by atoms with van der Waals surface area (Å²) in [6.07, 6.45) is -8.23. The van der Waals surface area contributed by atoms with Crippen molar-refractivity contribution in [3.05, 3.63) is 92.2 Å². The molecule has 206 valence electrons. The molecule has 0 fully saturated rings. The largest absolute Gasteiger partial charge is 0.416 e. The average molecular weight is 554 g/mol. The van der Waals surface area contributed by atoms with Gasteiger partial charge in [-0.25, -0.2) is 0 Å². The number of hydrogen-bond acceptors (Lipinski definition) is 3. The molecule has 0 atom stereocenters. The molecule has 2 aromatic carbocycles. The Morgan fingerprint density at radius 2 is 1.30 bits per heavy atom. The predicted octanol–water partition coefficient (Wildman–Crippen LogP) is 8.92. The number of alkyl halides is 6. The Hall–Kier alpha value is -4.24. The smallest absolute Gasteiger partial charge is 0.376 e. The van der Waals surface area contributed by atoms with Gasteiger partial charge in [-0.1, -0.05) is 25.5 Å². The molecule has 0 radical (unpaired) electrons. The van der Waals surface area contributed by atoms with Gasteiger partial charge in [-0.3, -0.25) is 0 Å². The minimum atomic E-state index is -4.62. The Bertz CT molecular complexity index is 1620. The zero-order chi connectivity index (χ0) is 29.6. The lowest BCUT2D eigenvalue weighted by molar-refractivity contribution is -0.138. The number of halogens is 6. The second kappa shape index (κ2) is 10.4. The Labute approximate surface area is 228 Å². The van der Waals surface area contributed by atoms with E-state index in [0.29, 0.717) is 64.0 Å². The van der Waals surface area contributed by atoms with E-state index in [0.717, 1.165) is 24.3 Å². The van der Waals surface area contributed by atoms with Crippen LogP contribution in [-0.4, -0.2) is 6.54 Å². The van der Waals surface area contributed by atoms with Gasteiger partial charge in [0.1, 0.15) is 11.8 Å². The van der Waals surface area contributed by atoms with Gasteiger partial charge in [0.15, 0.2) is 0 Å². The second-order valence-electron chi connectivity index (χ2n) is 9.62. The molecule has 9 heteroatoms. The van der Waals surface area contributed by atoms with Crippen molar-refractivity contribution in [2.24, 2.45) is 0 Å². The van der Waals surface area contributed by atoms with Crippen LogP contribution in [0.3, 0.4) is 0 Å². The van der Waals surface area contributed by atoms with Crippen molar-refractivity contribution in [2.75, 3.05) is 6.54 Å². The van der Waals surface area contributed by atoms with Gasteiger partial charge in [-0.2, -0.15) is 36.9 Å². The maximum Gasteiger partial charge on any atom is 0.416 e. The Morgan fingerprint density at radius 1 is 0.775 bits per heavy atom. The van der Waals surface area contributed by atoms with Crippen LogP contribution in [0.4, 0.5) is 26.3 Å². The van der Waals surface area contributed by atoms with Gasteiger partial charge >= 0.3 is 12.4 Å². The summed E-state index contributed by atoms with van der Waals surface area (Å²) in [6, 6.07) is 10.8. The number of allylic oxidation sites excluding steroid dienone is 8. The van der Waals surface area contributed by atoms with Crippen molar-refractivity contribution in [1.82, 2.24) is 5.32 Å². The normalized spacial score (nSPS) is 17.4. The van der Waals surface area contributed by atoms with Gasteiger partial charge in [0.2, 0.25) is 0 Å². The van der Waals surface area contributed by atoms with E-state index in [-0.39, 0.29) is 22.4 Å². The molecule has 0 bridgehead atoms. The molecule has 1 N–H and O–H groups in total. The van der Waals surface area contributed by atoms with Gasteiger partial charge in [-0.15, -0.1) is 0 Å². The van der Waals surface area contributed by atoms with E-state index >= 15 is 0 Å². The molecular formula is C31H25F6N3. The summed E-state index contributed by atoms with van der Waals surface area (Å²) in [6.45, 7) is 7.25. The van der Waals surface area contributed by atoms with E-state index in [2.05, 4.69) is 11.4 Å². The van der Waals surface area contributed by atoms with Crippen molar-refractivity contribution < 1.29 is 26.3 Å². The van der Waals surface area contributed by atoms with Gasteiger partial charge in [0, 0.05) is 17.7 Å². The average Bonchev–Trinajstić information content (AvgIpc) is 3.35. The summed E-state index contributed by atoms with van der Waals surface area (Å²) in [7, 11) is 0. The molecule has 0 aliphatic heterocycles. The summed E-state index contributed by atoms with van der Waals surface area (Å²) in [5, 5.41) is 22.7. The highest BCUT2D eigenvalue weighted by molar-refractivity contribution is 6.23. The highest BCUT2D eigenvalue weighted by atomic mass is 19.4. The molecule has 0 saturated carbocycles. The zero-order valence-electron chi connectivity index (χ0n) is 22.2. The lowest BCUT2D eigenvalue weighted by atomic mass is 9.89. The maximum atomic E-state index is 13.8. The molecule has 4 rings (SSSR count). The Morgan fingerprint density at radius 3 is 1.75 bits per heavy atom. The quantitative estimate of drug-likeness (QED) is 0.297. The van der Waals surface area contributed by atoms with Crippen molar-refractivity contribution in [3.8, 4) is 12.1 Å². The van der Waals surface area contributed by atoms with Crippen molar-refractivity contribution in [1.29, 1.82) is 10.5 Å². The molecule has 0 aromatic heterocycles. The van der Waals surface area contributed by atoms with Crippen LogP contribution in [0.1, 0.15) is 73.9 Å². The summed E-state index contributed by atoms with van der Waals surface area (Å²) >= 11 is 0. The molecule has 0 heterocycles. The topological polar surface area (TPSA) is 59.6 Å². The first-order valence-corrected chi connectivity index (χ1v) is 12.7. The van der Waals surface area contributed by atoms with Crippen molar-refractivity contribution in [3.63, 3.8) is 0 Å². The molecule has 2 aliphatic rings. The fourth-order valence-electron chi connectivity index (χ4n) is 5.56. The third-order valence-electron chi connectivity index (χ3n) is 7.13. The first kappa shape index (κ1) is 28.8. The third-order valence-corrected chi connectivity index (χ3v) is 7.13. The molecule has 0 amide bonds. The number of hydrogen-bond donors (Lipinski definition) is 1. The summed E-state index contributed by atoms with van der Waals surface area (Å²) < 4.78 is 82.3. The number of rotatable bonds is 5. The second-order valence-corrected chi connectivity index (χ2v) is 9.62. The summed E-state index contributed by atoms with van der Waals surface area (Å²) in [5.41, 5.74) is 2.97. The number of nitriles is 2. The van der Waals surface area contributed by atoms with Crippen LogP contribution in [-0.2, 0) is 12.4 Å². The van der Waals surface area contributed by atoms with Gasteiger partial charge in [0.25, 0.3) is 0 Å². The Balaban J connectivity index is 2.17. The Kier molecular flexibility index (Phi) is 7.47. The van der Waals surface area contributed by atoms with Crippen molar-refractivity contribution >= 4 is 22.3 Å². The molecule has 3 nitrogen and oxygen atoms in total. The van der Waals surface area contributed by atoms with Gasteiger partial charge in [0.05, 0.1) is 17.2 Å². The van der Waals surface area contributed by atoms with Crippen LogP contribution in [0.5, 0.6) is 0 Å². The SMILES string of the molecule is CCCC1=C(C2=C(C)/C(=C(\C)C#N)c3cc(C(F)(F)F)ccc32)c2ccc(C(F)(F)F)cc2/C1=C(\C#N)NCC. The molecule has 2 aliphatic carbocycles. The summed E-state index contributed by atoms with van der Waals surface area (Å²) in [5.74, 6) is 0. The van der Waals surface area contributed by atoms with E-state index in [1.165, 1.54) is 19.1 Å². The first-order chi connectivity index (χ1) is 18.8. The minimum Gasteiger partial charge on any atom is -0.376 e. The lowest BCUT2D eigenvalue weighted by Crippen LogP contribution is -2.13. The third kappa shape index (κ3) is 4.70. The molecular weight excluding hydrogens is 528 g/mol. The van der Waals surface area contributed by atoms with Crippen LogP contribution in [0.25, 0.3) is 22.3 Å². The molecule has 0 unspecified atom stereocenters. The maximum absolute atomic E-state index is 13.8. The zero-order valence-corrected chi connectivity index (χ0v) is 22.2. The van der Waals surface area contributed by atoms with E-state index in [9.17, 15) is 36.9 Å². The summed E-state index contributed by atoms with van der Waals surface area (Å²) in [4.78, 5) is 0. The number of benzene rings is 2. The highest BCUT2D eigenvalue weighted by Crippen LogP contribution is 2.56. The number of nitrogens with zero attached hydrogens (tertiary/aromatic N) is 2. The lowest BCUT2D eigenvalue weighted by Gasteiger charge is -2.15. The molecule has 40 heavy (non-hydrogen) atoms. The fraction of sp³-hybridized carbons (Fsp3) is 0.290. The van der Waals surface area contributed by atoms with Crippen LogP contribution >= 0.6 is 0 Å². The minimum absolute atomic E-state index is 0.120. The molecule has 2 aromatic rings. The van der Waals surface area contributed by atoms with E-state index in [4.69, 9.17) is 0 Å². The van der Waals surface area contributed by atoms with Crippen LogP contribution in [0.15, 0.2) is 58.8 Å². The van der Waals surface area contributed by atoms with Gasteiger partial charge < -0.3 is 5.32 Å². The number of nitrogens with one attached hydrogen (secondary N) is 1. The van der Waals surface area contributed by atoms with Crippen molar-refractivity contribution in [2.45, 2.75) is 52.9 Å². The highest BCUT2D eigenvalue weighted by Gasteiger charge is 2.40. The van der Waals surface area contributed by atoms with E-state index in [1.54, 1.807) is 13.8 Å². The van der Waals surface area contributed by atoms with Crippen LogP contribution < -0.4 is 5.32 Å². The monoisotopic (exact) mass is 553 g/mol. The number of fused-ring (bicyclic) bond motifs is 2. The van der Waals surface area contributed by atoms with E-state index in [1.807, 2.05) is 13.0 Å². The molecule has 0 saturated heterocycles. The van der Waals surface area contributed by atoms with E-state index < -0.39 is 23.5 Å². The predicted molar refractivity (Wildman–Crippen MR) is 142 cm³/mol. The first-order valence-electron chi connectivity index (χ1n) is 12.7. The standard InChI is InChI=1S/C31H25F6N3/c1-5-7-22-28(25(15-39)40-6-2)24-13-19(31(35,36)37)9-11-21(24)29(22)27-17(4)26(16(3)14-38)23-12-18(30(32,33)34)8-10-20(23)27/h8-13,40H,5-7H2,1-4H3/b26-16-,28-25+. The van der Waals surface area contributed by atoms with Crippen LogP contribution in [0, 0.1) is 22.7 Å². The van der Waals surface area contributed by atoms with Crippen LogP contribution in [0.2, 0.25) is 0 Å². The van der Waals surface area contributed by atoms with Gasteiger partial charge in [-0.05, 0) is 102 Å².